The summed E-state index contributed by atoms with van der Waals surface area (Å²) in [7, 11) is 0. The largest absolute Gasteiger partial charge is 0.260 e. The van der Waals surface area contributed by atoms with Crippen LogP contribution in [0.1, 0.15) is 12.8 Å². The van der Waals surface area contributed by atoms with Gasteiger partial charge in [0.05, 0.1) is 11.7 Å². The molecule has 1 aliphatic rings. The second-order valence-corrected chi connectivity index (χ2v) is 2.92. The molecule has 0 amide bonds. The van der Waals surface area contributed by atoms with Crippen molar-refractivity contribution in [3.8, 4) is 0 Å². The lowest BCUT2D eigenvalue weighted by atomic mass is 10.3. The zero-order valence-electron chi connectivity index (χ0n) is 6.77. The van der Waals surface area contributed by atoms with Crippen molar-refractivity contribution in [2.75, 3.05) is 5.43 Å². The minimum absolute atomic E-state index is 0.487. The van der Waals surface area contributed by atoms with E-state index in [4.69, 9.17) is 0 Å². The first kappa shape index (κ1) is 7.28. The fourth-order valence-corrected chi connectivity index (χ4v) is 0.871. The molecule has 2 rings (SSSR count). The minimum atomic E-state index is 0.487. The van der Waals surface area contributed by atoms with Gasteiger partial charge in [0, 0.05) is 0 Å². The standard InChI is InChI=1S/C9H11N3/c1-2-4-8(5-3-1)10-12-11-9-6-7-9/h1-5,9H,6-7H2,(H,10,11). The Labute approximate surface area is 71.5 Å². The highest BCUT2D eigenvalue weighted by molar-refractivity contribution is 5.41. The van der Waals surface area contributed by atoms with Gasteiger partial charge < -0.3 is 0 Å². The van der Waals surface area contributed by atoms with Gasteiger partial charge in [-0.2, -0.15) is 5.11 Å². The average Bonchev–Trinajstić information content (AvgIpc) is 2.90. The molecule has 1 fully saturated rings. The van der Waals surface area contributed by atoms with Crippen molar-refractivity contribution in [3.05, 3.63) is 30.3 Å². The average molecular weight is 161 g/mol. The highest BCUT2D eigenvalue weighted by Crippen LogP contribution is 2.23. The normalized spacial score (nSPS) is 16.7. The van der Waals surface area contributed by atoms with Crippen molar-refractivity contribution >= 4 is 5.69 Å². The van der Waals surface area contributed by atoms with Crippen LogP contribution >= 0.6 is 0 Å². The first-order valence-corrected chi connectivity index (χ1v) is 4.16. The van der Waals surface area contributed by atoms with Crippen LogP contribution in [0.15, 0.2) is 40.7 Å². The Balaban J connectivity index is 1.86. The summed E-state index contributed by atoms with van der Waals surface area (Å²) >= 11 is 0. The van der Waals surface area contributed by atoms with E-state index in [1.54, 1.807) is 0 Å². The molecular formula is C9H11N3. The molecule has 0 atom stereocenters. The van der Waals surface area contributed by atoms with E-state index in [9.17, 15) is 0 Å². The Morgan fingerprint density at radius 1 is 1.17 bits per heavy atom. The van der Waals surface area contributed by atoms with Crippen LogP contribution in [0.25, 0.3) is 0 Å². The molecule has 0 aromatic heterocycles. The highest BCUT2D eigenvalue weighted by atomic mass is 15.4. The number of benzene rings is 1. The van der Waals surface area contributed by atoms with Crippen LogP contribution in [0.2, 0.25) is 0 Å². The van der Waals surface area contributed by atoms with Gasteiger partial charge in [0.25, 0.3) is 0 Å². The van der Waals surface area contributed by atoms with Crippen LogP contribution in [0.4, 0.5) is 5.69 Å². The Kier molecular flexibility index (Phi) is 2.03. The molecule has 0 unspecified atom stereocenters. The van der Waals surface area contributed by atoms with Gasteiger partial charge in [-0.15, -0.1) is 0 Å². The van der Waals surface area contributed by atoms with Crippen molar-refractivity contribution in [1.29, 1.82) is 0 Å². The van der Waals surface area contributed by atoms with Gasteiger partial charge in [0.15, 0.2) is 0 Å². The Morgan fingerprint density at radius 3 is 2.58 bits per heavy atom. The maximum absolute atomic E-state index is 4.04. The molecule has 0 saturated heterocycles. The third kappa shape index (κ3) is 2.05. The van der Waals surface area contributed by atoms with E-state index in [0.717, 1.165) is 5.69 Å². The molecule has 1 N–H and O–H groups in total. The fraction of sp³-hybridized carbons (Fsp3) is 0.333. The van der Waals surface area contributed by atoms with Gasteiger partial charge in [-0.1, -0.05) is 23.4 Å². The number of para-hydroxylation sites is 1. The molecule has 62 valence electrons. The first-order valence-electron chi connectivity index (χ1n) is 4.16. The van der Waals surface area contributed by atoms with E-state index >= 15 is 0 Å². The van der Waals surface area contributed by atoms with E-state index < -0.39 is 0 Å². The monoisotopic (exact) mass is 161 g/mol. The third-order valence-electron chi connectivity index (χ3n) is 1.72. The lowest BCUT2D eigenvalue weighted by Gasteiger charge is -1.95. The molecule has 3 heteroatoms. The summed E-state index contributed by atoms with van der Waals surface area (Å²) < 4.78 is 0. The number of rotatable bonds is 3. The van der Waals surface area contributed by atoms with Gasteiger partial charge in [-0.25, -0.2) is 0 Å². The van der Waals surface area contributed by atoms with Crippen LogP contribution in [0.5, 0.6) is 0 Å². The summed E-state index contributed by atoms with van der Waals surface area (Å²) in [6.07, 6.45) is 2.39. The molecule has 12 heavy (non-hydrogen) atoms. The highest BCUT2D eigenvalue weighted by Gasteiger charge is 2.20. The van der Waals surface area contributed by atoms with Crippen molar-refractivity contribution in [2.24, 2.45) is 10.3 Å². The van der Waals surface area contributed by atoms with Crippen molar-refractivity contribution in [1.82, 2.24) is 0 Å². The number of nitrogens with one attached hydrogen (secondary N) is 1. The van der Waals surface area contributed by atoms with E-state index in [0.29, 0.717) is 6.04 Å². The van der Waals surface area contributed by atoms with E-state index in [2.05, 4.69) is 15.8 Å². The van der Waals surface area contributed by atoms with Crippen molar-refractivity contribution < 1.29 is 0 Å². The Hall–Kier alpha value is -1.38. The Morgan fingerprint density at radius 2 is 1.92 bits per heavy atom. The number of hydrogen-bond donors (Lipinski definition) is 1. The second-order valence-electron chi connectivity index (χ2n) is 2.92. The molecule has 0 bridgehead atoms. The summed E-state index contributed by atoms with van der Waals surface area (Å²) in [6.45, 7) is 0. The molecule has 3 nitrogen and oxygen atoms in total. The zero-order valence-corrected chi connectivity index (χ0v) is 6.77. The van der Waals surface area contributed by atoms with Crippen LogP contribution in [0, 0.1) is 0 Å². The van der Waals surface area contributed by atoms with Gasteiger partial charge in [-0.3, -0.25) is 5.43 Å². The van der Waals surface area contributed by atoms with Crippen LogP contribution < -0.4 is 5.43 Å². The summed E-state index contributed by atoms with van der Waals surface area (Å²) in [4.78, 5) is 0. The predicted molar refractivity (Wildman–Crippen MR) is 47.9 cm³/mol. The predicted octanol–water partition coefficient (Wildman–Crippen LogP) is 2.63. The van der Waals surface area contributed by atoms with E-state index in [1.807, 2.05) is 30.3 Å². The molecule has 0 aliphatic heterocycles. The summed E-state index contributed by atoms with van der Waals surface area (Å²) in [5.74, 6) is 0. The van der Waals surface area contributed by atoms with E-state index in [-0.39, 0.29) is 0 Å². The zero-order chi connectivity index (χ0) is 8.23. The van der Waals surface area contributed by atoms with E-state index in [1.165, 1.54) is 12.8 Å². The minimum Gasteiger partial charge on any atom is -0.260 e. The Bertz CT molecular complexity index is 264. The summed E-state index contributed by atoms with van der Waals surface area (Å²) in [5, 5.41) is 7.92. The van der Waals surface area contributed by atoms with Gasteiger partial charge in [0.1, 0.15) is 0 Å². The lowest BCUT2D eigenvalue weighted by molar-refractivity contribution is 0.919. The third-order valence-corrected chi connectivity index (χ3v) is 1.72. The molecule has 1 aromatic carbocycles. The van der Waals surface area contributed by atoms with Crippen molar-refractivity contribution in [2.45, 2.75) is 18.9 Å². The fourth-order valence-electron chi connectivity index (χ4n) is 0.871. The summed E-state index contributed by atoms with van der Waals surface area (Å²) in [6, 6.07) is 10.3. The van der Waals surface area contributed by atoms with Crippen LogP contribution in [-0.4, -0.2) is 6.04 Å². The molecule has 1 aliphatic carbocycles. The SMILES string of the molecule is c1ccc(NN=NC2CC2)cc1. The maximum atomic E-state index is 4.04. The van der Waals surface area contributed by atoms with Gasteiger partial charge in [-0.05, 0) is 25.0 Å². The molecule has 1 aromatic rings. The number of hydrogen-bond acceptors (Lipinski definition) is 2. The van der Waals surface area contributed by atoms with Gasteiger partial charge in [0.2, 0.25) is 0 Å². The molecule has 0 radical (unpaired) electrons. The van der Waals surface area contributed by atoms with Gasteiger partial charge >= 0.3 is 0 Å². The number of nitrogens with zero attached hydrogens (tertiary/aromatic N) is 2. The lowest BCUT2D eigenvalue weighted by Crippen LogP contribution is -1.86. The molecule has 0 heterocycles. The summed E-state index contributed by atoms with van der Waals surface area (Å²) in [5.41, 5.74) is 3.86. The molecular weight excluding hydrogens is 150 g/mol. The van der Waals surface area contributed by atoms with Crippen molar-refractivity contribution in [3.63, 3.8) is 0 Å². The maximum Gasteiger partial charge on any atom is 0.0731 e. The first-order chi connectivity index (χ1) is 5.95. The topological polar surface area (TPSA) is 36.8 Å². The molecule has 1 saturated carbocycles. The quantitative estimate of drug-likeness (QED) is 0.537. The smallest absolute Gasteiger partial charge is 0.0731 e. The van der Waals surface area contributed by atoms with Crippen LogP contribution in [0.3, 0.4) is 0 Å². The molecule has 0 spiro atoms. The van der Waals surface area contributed by atoms with Crippen LogP contribution in [-0.2, 0) is 0 Å². The number of anilines is 1. The second kappa shape index (κ2) is 3.34.